The van der Waals surface area contributed by atoms with Crippen molar-refractivity contribution in [1.29, 1.82) is 0 Å². The molecule has 3 aliphatic rings. The van der Waals surface area contributed by atoms with Gasteiger partial charge in [-0.3, -0.25) is 14.4 Å². The number of aromatic amines is 1. The van der Waals surface area contributed by atoms with Crippen LogP contribution in [0.3, 0.4) is 0 Å². The fourth-order valence-electron chi connectivity index (χ4n) is 7.60. The van der Waals surface area contributed by atoms with Gasteiger partial charge >= 0.3 is 6.09 Å². The number of carbonyl (C=O) groups excluding carboxylic acids is 4. The first kappa shape index (κ1) is 32.7. The van der Waals surface area contributed by atoms with Crippen molar-refractivity contribution in [2.75, 3.05) is 24.8 Å². The number of alkyl halides is 1. The lowest BCUT2D eigenvalue weighted by molar-refractivity contribution is -0.142. The second kappa shape index (κ2) is 13.8. The topological polar surface area (TPSA) is 181 Å². The Labute approximate surface area is 262 Å². The van der Waals surface area contributed by atoms with Crippen molar-refractivity contribution in [3.8, 4) is 0 Å². The van der Waals surface area contributed by atoms with E-state index in [1.165, 1.54) is 12.5 Å². The van der Waals surface area contributed by atoms with Gasteiger partial charge in [-0.15, -0.1) is 0 Å². The zero-order valence-corrected chi connectivity index (χ0v) is 26.2. The fourth-order valence-corrected chi connectivity index (χ4v) is 8.05. The zero-order chi connectivity index (χ0) is 32.3. The number of ether oxygens (including phenoxy) is 1. The molecule has 2 aromatic rings. The minimum Gasteiger partial charge on any atom is -0.443 e. The molecule has 2 saturated carbocycles. The lowest BCUT2D eigenvalue weighted by atomic mass is 9.76. The molecule has 2 aliphatic carbocycles. The second-order valence-electron chi connectivity index (χ2n) is 12.7. The number of nitrogens with one attached hydrogen (secondary N) is 3. The summed E-state index contributed by atoms with van der Waals surface area (Å²) in [6, 6.07) is 5.98. The molecule has 3 atom stereocenters. The number of amides is 4. The molecular formula is C31H42FN5O7S. The number of rotatable bonds is 9. The molecule has 5 N–H and O–H groups in total. The highest BCUT2D eigenvalue weighted by atomic mass is 32.2. The van der Waals surface area contributed by atoms with E-state index in [0.29, 0.717) is 54.7 Å². The van der Waals surface area contributed by atoms with Crippen LogP contribution in [0.5, 0.6) is 0 Å². The number of likely N-dealkylation sites (tertiary alicyclic amines) is 1. The fraction of sp³-hybridized carbons (Fsp3) is 0.613. The van der Waals surface area contributed by atoms with Crippen LogP contribution in [-0.2, 0) is 24.3 Å². The lowest BCUT2D eigenvalue weighted by Gasteiger charge is -2.37. The van der Waals surface area contributed by atoms with Gasteiger partial charge in [0.05, 0.1) is 6.26 Å². The van der Waals surface area contributed by atoms with Gasteiger partial charge in [0.2, 0.25) is 21.8 Å². The Hall–Kier alpha value is -3.68. The normalized spacial score (nSPS) is 25.1. The molecule has 45 heavy (non-hydrogen) atoms. The number of nitrogens with zero attached hydrogens (tertiary/aromatic N) is 1. The molecule has 1 aliphatic heterocycles. The third kappa shape index (κ3) is 7.77. The Morgan fingerprint density at radius 2 is 1.76 bits per heavy atom. The second-order valence-corrected chi connectivity index (χ2v) is 14.5. The standard InChI is InChI=1S/C31H42FN5O7S/c1-45(42,43)36-28(38)25-16-21-15-22(11-12-24(21)35-25)34-29(39)27-23(18-5-3-2-4-6-18)13-14-37(27)30(40)20-9-7-19(8-10-20)26(17-32)44-31(33)41/h11-12,15-16,18-20,23,26-27,35H,2-10,13-14,17H2,1H3,(H2,33,41)(H,34,39)(H,36,38)/t19-,20-,23-,26+,27-/m0/s1. The Morgan fingerprint density at radius 1 is 1.04 bits per heavy atom. The van der Waals surface area contributed by atoms with E-state index >= 15 is 0 Å². The number of anilines is 1. The summed E-state index contributed by atoms with van der Waals surface area (Å²) in [5.74, 6) is -1.24. The molecule has 1 saturated heterocycles. The van der Waals surface area contributed by atoms with E-state index in [2.05, 4.69) is 10.3 Å². The maximum Gasteiger partial charge on any atom is 0.404 e. The number of carbonyl (C=O) groups is 4. The molecule has 0 spiro atoms. The van der Waals surface area contributed by atoms with E-state index in [0.717, 1.165) is 38.4 Å². The summed E-state index contributed by atoms with van der Waals surface area (Å²) in [6.07, 6.45) is 7.24. The van der Waals surface area contributed by atoms with Gasteiger partial charge in [-0.2, -0.15) is 0 Å². The summed E-state index contributed by atoms with van der Waals surface area (Å²) in [6.45, 7) is -0.334. The van der Waals surface area contributed by atoms with Crippen molar-refractivity contribution in [3.63, 3.8) is 0 Å². The average Bonchev–Trinajstić information content (AvgIpc) is 3.64. The Balaban J connectivity index is 1.31. The van der Waals surface area contributed by atoms with Crippen LogP contribution in [0.2, 0.25) is 0 Å². The van der Waals surface area contributed by atoms with Gasteiger partial charge in [-0.1, -0.05) is 32.1 Å². The molecule has 5 rings (SSSR count). The van der Waals surface area contributed by atoms with Crippen molar-refractivity contribution in [3.05, 3.63) is 30.0 Å². The number of nitrogens with two attached hydrogens (primary N) is 1. The quantitative estimate of drug-likeness (QED) is 0.319. The highest BCUT2D eigenvalue weighted by Crippen LogP contribution is 2.41. The third-order valence-corrected chi connectivity index (χ3v) is 10.3. The summed E-state index contributed by atoms with van der Waals surface area (Å²) < 4.78 is 43.4. The molecule has 246 valence electrons. The first-order chi connectivity index (χ1) is 21.4. The predicted octanol–water partition coefficient (Wildman–Crippen LogP) is 3.83. The van der Waals surface area contributed by atoms with Crippen molar-refractivity contribution >= 4 is 50.4 Å². The van der Waals surface area contributed by atoms with Crippen LogP contribution in [0.15, 0.2) is 24.3 Å². The summed E-state index contributed by atoms with van der Waals surface area (Å²) in [7, 11) is -3.74. The number of halogens is 1. The molecule has 1 aromatic carbocycles. The van der Waals surface area contributed by atoms with Crippen LogP contribution >= 0.6 is 0 Å². The number of primary amides is 1. The number of aromatic nitrogens is 1. The van der Waals surface area contributed by atoms with E-state index in [-0.39, 0.29) is 35.3 Å². The van der Waals surface area contributed by atoms with E-state index in [1.54, 1.807) is 23.1 Å². The molecule has 14 heteroatoms. The minimum absolute atomic E-state index is 0.0350. The van der Waals surface area contributed by atoms with Crippen LogP contribution in [0.1, 0.15) is 74.7 Å². The van der Waals surface area contributed by atoms with Gasteiger partial charge in [-0.05, 0) is 74.1 Å². The largest absolute Gasteiger partial charge is 0.443 e. The van der Waals surface area contributed by atoms with Crippen LogP contribution in [0.4, 0.5) is 14.9 Å². The third-order valence-electron chi connectivity index (χ3n) is 9.73. The van der Waals surface area contributed by atoms with Crippen molar-refractivity contribution in [1.82, 2.24) is 14.6 Å². The van der Waals surface area contributed by atoms with Gasteiger partial charge in [-0.25, -0.2) is 22.3 Å². The number of sulfonamides is 1. The number of H-pyrrole nitrogens is 1. The maximum absolute atomic E-state index is 14.0. The van der Waals surface area contributed by atoms with Gasteiger partial charge in [0.15, 0.2) is 0 Å². The van der Waals surface area contributed by atoms with Crippen LogP contribution in [0.25, 0.3) is 10.9 Å². The molecule has 2 heterocycles. The summed E-state index contributed by atoms with van der Waals surface area (Å²) in [5, 5.41) is 3.62. The van der Waals surface area contributed by atoms with Crippen LogP contribution < -0.4 is 15.8 Å². The van der Waals surface area contributed by atoms with E-state index in [1.807, 2.05) is 4.72 Å². The number of hydrogen-bond acceptors (Lipinski definition) is 7. The number of fused-ring (bicyclic) bond motifs is 1. The van der Waals surface area contributed by atoms with Crippen molar-refractivity contribution in [2.45, 2.75) is 76.4 Å². The van der Waals surface area contributed by atoms with Crippen molar-refractivity contribution in [2.24, 2.45) is 29.4 Å². The van der Waals surface area contributed by atoms with Gasteiger partial charge in [0.25, 0.3) is 5.91 Å². The smallest absolute Gasteiger partial charge is 0.404 e. The molecule has 0 radical (unpaired) electrons. The molecular weight excluding hydrogens is 605 g/mol. The Bertz CT molecular complexity index is 1530. The maximum atomic E-state index is 14.0. The highest BCUT2D eigenvalue weighted by molar-refractivity contribution is 7.89. The van der Waals surface area contributed by atoms with Gasteiger partial charge in [0, 0.05) is 29.1 Å². The van der Waals surface area contributed by atoms with Crippen LogP contribution in [0, 0.1) is 23.7 Å². The van der Waals surface area contributed by atoms with E-state index < -0.39 is 40.8 Å². The molecule has 3 fully saturated rings. The number of benzene rings is 1. The lowest BCUT2D eigenvalue weighted by Crippen LogP contribution is -2.50. The minimum atomic E-state index is -3.74. The highest BCUT2D eigenvalue weighted by Gasteiger charge is 2.47. The zero-order valence-electron chi connectivity index (χ0n) is 25.4. The van der Waals surface area contributed by atoms with E-state index in [9.17, 15) is 32.0 Å². The summed E-state index contributed by atoms with van der Waals surface area (Å²) in [4.78, 5) is 56.1. The van der Waals surface area contributed by atoms with E-state index in [4.69, 9.17) is 10.5 Å². The molecule has 12 nitrogen and oxygen atoms in total. The van der Waals surface area contributed by atoms with Gasteiger partial charge < -0.3 is 25.7 Å². The Kier molecular flexibility index (Phi) is 10.00. The summed E-state index contributed by atoms with van der Waals surface area (Å²) in [5.41, 5.74) is 6.26. The molecule has 0 bridgehead atoms. The SMILES string of the molecule is CS(=O)(=O)NC(=O)c1cc2cc(NC(=O)[C@@H]3[C@H](C4CCCCC4)CCN3C(=O)[C@H]3CC[C@H]([C@@H](CF)OC(N)=O)CC3)ccc2[nH]1. The first-order valence-electron chi connectivity index (χ1n) is 15.7. The Morgan fingerprint density at radius 3 is 2.40 bits per heavy atom. The van der Waals surface area contributed by atoms with Crippen molar-refractivity contribution < 1.29 is 36.7 Å². The monoisotopic (exact) mass is 647 g/mol. The molecule has 1 aromatic heterocycles. The summed E-state index contributed by atoms with van der Waals surface area (Å²) >= 11 is 0. The molecule has 4 amide bonds. The average molecular weight is 648 g/mol. The number of hydrogen-bond donors (Lipinski definition) is 4. The van der Waals surface area contributed by atoms with Crippen LogP contribution in [-0.4, -0.2) is 73.7 Å². The molecule has 0 unspecified atom stereocenters. The first-order valence-corrected chi connectivity index (χ1v) is 17.6. The predicted molar refractivity (Wildman–Crippen MR) is 165 cm³/mol. The van der Waals surface area contributed by atoms with Gasteiger partial charge in [0.1, 0.15) is 24.5 Å².